The van der Waals surface area contributed by atoms with Crippen LogP contribution >= 0.6 is 0 Å². The summed E-state index contributed by atoms with van der Waals surface area (Å²) in [5.41, 5.74) is 0.937. The molecule has 0 amide bonds. The highest BCUT2D eigenvalue weighted by Gasteiger charge is 2.04. The minimum absolute atomic E-state index is 0.107. The van der Waals surface area contributed by atoms with Crippen molar-refractivity contribution < 1.29 is 19.1 Å². The van der Waals surface area contributed by atoms with E-state index < -0.39 is 5.97 Å². The monoisotopic (exact) mass is 250 g/mol. The van der Waals surface area contributed by atoms with Gasteiger partial charge in [0.15, 0.2) is 0 Å². The standard InChI is InChI=1S/C14H18O4/c1-2-13(15)8-9-17-11-14(16)18-10-12-6-4-3-5-7-12/h3-7H,2,8-11H2,1H3. The van der Waals surface area contributed by atoms with Crippen molar-refractivity contribution in [1.82, 2.24) is 0 Å². The SMILES string of the molecule is CCC(=O)CCOCC(=O)OCc1ccccc1. The van der Waals surface area contributed by atoms with Crippen molar-refractivity contribution in [1.29, 1.82) is 0 Å². The lowest BCUT2D eigenvalue weighted by Crippen LogP contribution is -2.14. The Bertz CT molecular complexity index is 373. The number of carbonyl (C=O) groups excluding carboxylic acids is 2. The minimum Gasteiger partial charge on any atom is -0.459 e. The number of ketones is 1. The number of esters is 1. The molecule has 1 rings (SSSR count). The van der Waals surface area contributed by atoms with Gasteiger partial charge in [-0.25, -0.2) is 4.79 Å². The first-order valence-corrected chi connectivity index (χ1v) is 6.01. The number of benzene rings is 1. The zero-order valence-corrected chi connectivity index (χ0v) is 10.6. The average Bonchev–Trinajstić information content (AvgIpc) is 2.42. The predicted octanol–water partition coefficient (Wildman–Crippen LogP) is 2.12. The molecule has 1 aromatic rings. The summed E-state index contributed by atoms with van der Waals surface area (Å²) in [5.74, 6) is -0.282. The smallest absolute Gasteiger partial charge is 0.332 e. The molecule has 0 radical (unpaired) electrons. The molecule has 0 aliphatic carbocycles. The van der Waals surface area contributed by atoms with Gasteiger partial charge in [-0.2, -0.15) is 0 Å². The van der Waals surface area contributed by atoms with E-state index in [4.69, 9.17) is 9.47 Å². The Balaban J connectivity index is 2.09. The third-order valence-corrected chi connectivity index (χ3v) is 2.38. The molecule has 0 saturated heterocycles. The fourth-order valence-corrected chi connectivity index (χ4v) is 1.30. The highest BCUT2D eigenvalue weighted by Crippen LogP contribution is 2.00. The second-order valence-corrected chi connectivity index (χ2v) is 3.84. The van der Waals surface area contributed by atoms with E-state index in [1.54, 1.807) is 6.92 Å². The van der Waals surface area contributed by atoms with Crippen LogP contribution in [0.4, 0.5) is 0 Å². The van der Waals surface area contributed by atoms with Gasteiger partial charge in [-0.05, 0) is 5.56 Å². The lowest BCUT2D eigenvalue weighted by Gasteiger charge is -2.05. The van der Waals surface area contributed by atoms with Gasteiger partial charge in [-0.15, -0.1) is 0 Å². The molecule has 0 aromatic heterocycles. The number of Topliss-reactive ketones (excluding diaryl/α,β-unsaturated/α-hetero) is 1. The second kappa shape index (κ2) is 8.42. The predicted molar refractivity (Wildman–Crippen MR) is 67.0 cm³/mol. The molecule has 0 aliphatic heterocycles. The number of rotatable bonds is 8. The summed E-state index contributed by atoms with van der Waals surface area (Å²) in [6.07, 6.45) is 0.851. The maximum atomic E-state index is 11.3. The number of hydrogen-bond donors (Lipinski definition) is 0. The summed E-state index contributed by atoms with van der Waals surface area (Å²) >= 11 is 0. The molecular weight excluding hydrogens is 232 g/mol. The molecule has 0 fully saturated rings. The Kier molecular flexibility index (Phi) is 6.72. The van der Waals surface area contributed by atoms with E-state index in [9.17, 15) is 9.59 Å². The fraction of sp³-hybridized carbons (Fsp3) is 0.429. The van der Waals surface area contributed by atoms with E-state index in [2.05, 4.69) is 0 Å². The number of ether oxygens (including phenoxy) is 2. The van der Waals surface area contributed by atoms with Crippen LogP contribution in [0.1, 0.15) is 25.3 Å². The van der Waals surface area contributed by atoms with Crippen molar-refractivity contribution >= 4 is 11.8 Å². The van der Waals surface area contributed by atoms with Crippen LogP contribution in [-0.2, 0) is 25.7 Å². The second-order valence-electron chi connectivity index (χ2n) is 3.84. The summed E-state index contributed by atoms with van der Waals surface area (Å²) < 4.78 is 10.1. The van der Waals surface area contributed by atoms with Crippen LogP contribution in [0.2, 0.25) is 0 Å². The van der Waals surface area contributed by atoms with Crippen molar-refractivity contribution in [3.8, 4) is 0 Å². The molecule has 0 saturated carbocycles. The van der Waals surface area contributed by atoms with Gasteiger partial charge in [0.2, 0.25) is 0 Å². The van der Waals surface area contributed by atoms with E-state index in [-0.39, 0.29) is 25.6 Å². The molecule has 18 heavy (non-hydrogen) atoms. The van der Waals surface area contributed by atoms with Crippen LogP contribution < -0.4 is 0 Å². The Morgan fingerprint density at radius 1 is 1.17 bits per heavy atom. The molecule has 0 N–H and O–H groups in total. The van der Waals surface area contributed by atoms with E-state index in [1.165, 1.54) is 0 Å². The third kappa shape index (κ3) is 6.15. The highest BCUT2D eigenvalue weighted by molar-refractivity contribution is 5.78. The van der Waals surface area contributed by atoms with Crippen LogP contribution in [0.25, 0.3) is 0 Å². The molecule has 0 bridgehead atoms. The van der Waals surface area contributed by atoms with Crippen molar-refractivity contribution in [3.63, 3.8) is 0 Å². The Labute approximate surface area is 107 Å². The van der Waals surface area contributed by atoms with Gasteiger partial charge in [0.05, 0.1) is 6.61 Å². The highest BCUT2D eigenvalue weighted by atomic mass is 16.6. The van der Waals surface area contributed by atoms with Gasteiger partial charge in [0, 0.05) is 12.8 Å². The summed E-state index contributed by atoms with van der Waals surface area (Å²) in [7, 11) is 0. The van der Waals surface area contributed by atoms with E-state index in [0.29, 0.717) is 12.8 Å². The molecule has 1 aromatic carbocycles. The topological polar surface area (TPSA) is 52.6 Å². The summed E-state index contributed by atoms with van der Waals surface area (Å²) in [4.78, 5) is 22.3. The van der Waals surface area contributed by atoms with E-state index in [0.717, 1.165) is 5.56 Å². The molecule has 0 heterocycles. The van der Waals surface area contributed by atoms with Crippen LogP contribution in [0, 0.1) is 0 Å². The van der Waals surface area contributed by atoms with Gasteiger partial charge < -0.3 is 9.47 Å². The third-order valence-electron chi connectivity index (χ3n) is 2.38. The fourth-order valence-electron chi connectivity index (χ4n) is 1.30. The zero-order chi connectivity index (χ0) is 13.2. The first kappa shape index (κ1) is 14.4. The maximum Gasteiger partial charge on any atom is 0.332 e. The van der Waals surface area contributed by atoms with Crippen LogP contribution in [0.15, 0.2) is 30.3 Å². The molecule has 4 heteroatoms. The largest absolute Gasteiger partial charge is 0.459 e. The summed E-state index contributed by atoms with van der Waals surface area (Å²) in [6, 6.07) is 9.44. The quantitative estimate of drug-likeness (QED) is 0.524. The molecule has 4 nitrogen and oxygen atoms in total. The summed E-state index contributed by atoms with van der Waals surface area (Å²) in [6.45, 7) is 2.21. The van der Waals surface area contributed by atoms with Gasteiger partial charge in [0.25, 0.3) is 0 Å². The minimum atomic E-state index is -0.414. The van der Waals surface area contributed by atoms with Gasteiger partial charge >= 0.3 is 5.97 Å². The van der Waals surface area contributed by atoms with E-state index >= 15 is 0 Å². The van der Waals surface area contributed by atoms with E-state index in [1.807, 2.05) is 30.3 Å². The number of hydrogen-bond acceptors (Lipinski definition) is 4. The first-order valence-electron chi connectivity index (χ1n) is 6.01. The average molecular weight is 250 g/mol. The molecule has 98 valence electrons. The molecule has 0 aliphatic rings. The van der Waals surface area contributed by atoms with Gasteiger partial charge in [0.1, 0.15) is 19.0 Å². The Hall–Kier alpha value is -1.68. The molecule has 0 unspecified atom stereocenters. The van der Waals surface area contributed by atoms with Crippen molar-refractivity contribution in [2.75, 3.05) is 13.2 Å². The van der Waals surface area contributed by atoms with Gasteiger partial charge in [-0.1, -0.05) is 37.3 Å². The lowest BCUT2D eigenvalue weighted by molar-refractivity contribution is -0.150. The van der Waals surface area contributed by atoms with Gasteiger partial charge in [-0.3, -0.25) is 4.79 Å². The van der Waals surface area contributed by atoms with Crippen LogP contribution in [0.3, 0.4) is 0 Å². The maximum absolute atomic E-state index is 11.3. The normalized spacial score (nSPS) is 10.1. The Morgan fingerprint density at radius 2 is 1.89 bits per heavy atom. The van der Waals surface area contributed by atoms with Crippen LogP contribution in [-0.4, -0.2) is 25.0 Å². The van der Waals surface area contributed by atoms with Crippen molar-refractivity contribution in [2.24, 2.45) is 0 Å². The van der Waals surface area contributed by atoms with Crippen LogP contribution in [0.5, 0.6) is 0 Å². The number of carbonyl (C=O) groups is 2. The molecule has 0 atom stereocenters. The Morgan fingerprint density at radius 3 is 2.56 bits per heavy atom. The molecular formula is C14H18O4. The lowest BCUT2D eigenvalue weighted by atomic mass is 10.2. The first-order chi connectivity index (χ1) is 8.72. The van der Waals surface area contributed by atoms with Crippen molar-refractivity contribution in [3.05, 3.63) is 35.9 Å². The zero-order valence-electron chi connectivity index (χ0n) is 10.6. The van der Waals surface area contributed by atoms with Crippen molar-refractivity contribution in [2.45, 2.75) is 26.4 Å². The molecule has 0 spiro atoms. The summed E-state index contributed by atoms with van der Waals surface area (Å²) in [5, 5.41) is 0.